The predicted octanol–water partition coefficient (Wildman–Crippen LogP) is 2.71. The van der Waals surface area contributed by atoms with Crippen molar-refractivity contribution in [3.8, 4) is 0 Å². The summed E-state index contributed by atoms with van der Waals surface area (Å²) in [7, 11) is 1.40. The summed E-state index contributed by atoms with van der Waals surface area (Å²) in [5.41, 5.74) is 1.13. The van der Waals surface area contributed by atoms with E-state index < -0.39 is 0 Å². The molecule has 0 fully saturated rings. The summed E-state index contributed by atoms with van der Waals surface area (Å²) in [4.78, 5) is 13.1. The summed E-state index contributed by atoms with van der Waals surface area (Å²) in [5.74, 6) is 0. The lowest BCUT2D eigenvalue weighted by atomic mass is 10.1. The first kappa shape index (κ1) is 9.77. The highest BCUT2D eigenvalue weighted by Gasteiger charge is 2.26. The number of carbonyl (C=O) groups is 1. The normalized spacial score (nSPS) is 19.3. The molecule has 2 rings (SSSR count). The Morgan fingerprint density at radius 3 is 2.80 bits per heavy atom. The minimum Gasteiger partial charge on any atom is -0.452 e. The van der Waals surface area contributed by atoms with Crippen molar-refractivity contribution in [1.29, 1.82) is 0 Å². The molecule has 1 amide bonds. The molecule has 0 bridgehead atoms. The second-order valence-electron chi connectivity index (χ2n) is 3.42. The molecular formula is C12H13NO2. The van der Waals surface area contributed by atoms with Crippen LogP contribution in [-0.4, -0.2) is 18.1 Å². The molecule has 0 radical (unpaired) electrons. The van der Waals surface area contributed by atoms with Gasteiger partial charge in [0.05, 0.1) is 13.2 Å². The van der Waals surface area contributed by atoms with Gasteiger partial charge < -0.3 is 4.74 Å². The van der Waals surface area contributed by atoms with E-state index in [1.54, 1.807) is 11.1 Å². The quantitative estimate of drug-likeness (QED) is 0.702. The summed E-state index contributed by atoms with van der Waals surface area (Å²) in [6, 6.07) is 10.0. The summed E-state index contributed by atoms with van der Waals surface area (Å²) >= 11 is 0. The van der Waals surface area contributed by atoms with E-state index in [1.165, 1.54) is 7.11 Å². The number of hydrogen-bond donors (Lipinski definition) is 0. The lowest BCUT2D eigenvalue weighted by Gasteiger charge is -2.22. The molecule has 0 aliphatic carbocycles. The van der Waals surface area contributed by atoms with E-state index >= 15 is 0 Å². The fourth-order valence-corrected chi connectivity index (χ4v) is 1.79. The average Bonchev–Trinajstić information content (AvgIpc) is 2.78. The summed E-state index contributed by atoms with van der Waals surface area (Å²) < 4.78 is 4.72. The van der Waals surface area contributed by atoms with Crippen molar-refractivity contribution in [2.24, 2.45) is 0 Å². The van der Waals surface area contributed by atoms with E-state index in [1.807, 2.05) is 36.4 Å². The number of amides is 1. The molecule has 1 aromatic carbocycles. The highest BCUT2D eigenvalue weighted by Crippen LogP contribution is 2.30. The maximum absolute atomic E-state index is 11.5. The molecule has 0 aromatic heterocycles. The number of rotatable bonds is 1. The Kier molecular flexibility index (Phi) is 2.72. The van der Waals surface area contributed by atoms with Gasteiger partial charge in [-0.05, 0) is 12.0 Å². The topological polar surface area (TPSA) is 29.5 Å². The van der Waals surface area contributed by atoms with Crippen LogP contribution in [0.5, 0.6) is 0 Å². The van der Waals surface area contributed by atoms with Crippen LogP contribution >= 0.6 is 0 Å². The van der Waals surface area contributed by atoms with E-state index in [0.717, 1.165) is 12.0 Å². The third-order valence-electron chi connectivity index (χ3n) is 2.53. The van der Waals surface area contributed by atoms with Crippen LogP contribution in [0.3, 0.4) is 0 Å². The number of ether oxygens (including phenoxy) is 1. The Bertz CT molecular complexity index is 372. The highest BCUT2D eigenvalue weighted by molar-refractivity contribution is 5.70. The molecule has 1 aliphatic rings. The molecule has 3 nitrogen and oxygen atoms in total. The number of hydrogen-bond acceptors (Lipinski definition) is 2. The van der Waals surface area contributed by atoms with Gasteiger partial charge in [0, 0.05) is 6.20 Å². The van der Waals surface area contributed by atoms with Gasteiger partial charge in [0.15, 0.2) is 0 Å². The van der Waals surface area contributed by atoms with Gasteiger partial charge >= 0.3 is 6.09 Å². The van der Waals surface area contributed by atoms with Crippen LogP contribution in [0, 0.1) is 0 Å². The number of methoxy groups -OCH3 is 1. The van der Waals surface area contributed by atoms with Crippen LogP contribution in [0.1, 0.15) is 18.0 Å². The third kappa shape index (κ3) is 1.86. The summed E-state index contributed by atoms with van der Waals surface area (Å²) in [6.45, 7) is 0. The second kappa shape index (κ2) is 4.17. The van der Waals surface area contributed by atoms with Gasteiger partial charge in [0.2, 0.25) is 0 Å². The number of benzene rings is 1. The third-order valence-corrected chi connectivity index (χ3v) is 2.53. The highest BCUT2D eigenvalue weighted by atomic mass is 16.5. The smallest absolute Gasteiger partial charge is 0.414 e. The zero-order valence-corrected chi connectivity index (χ0v) is 8.59. The van der Waals surface area contributed by atoms with Gasteiger partial charge in [0.1, 0.15) is 0 Å². The lowest BCUT2D eigenvalue weighted by Crippen LogP contribution is -2.26. The lowest BCUT2D eigenvalue weighted by molar-refractivity contribution is 0.130. The Balaban J connectivity index is 2.21. The largest absolute Gasteiger partial charge is 0.452 e. The second-order valence-corrected chi connectivity index (χ2v) is 3.42. The number of nitrogens with zero attached hydrogens (tertiary/aromatic N) is 1. The molecule has 1 aromatic rings. The van der Waals surface area contributed by atoms with Gasteiger partial charge in [-0.2, -0.15) is 0 Å². The first-order valence-corrected chi connectivity index (χ1v) is 4.91. The molecule has 1 aliphatic heterocycles. The van der Waals surface area contributed by atoms with Gasteiger partial charge in [-0.15, -0.1) is 0 Å². The minimum absolute atomic E-state index is 0.0821. The van der Waals surface area contributed by atoms with Crippen molar-refractivity contribution in [3.63, 3.8) is 0 Å². The van der Waals surface area contributed by atoms with Crippen LogP contribution in [0.25, 0.3) is 0 Å². The van der Waals surface area contributed by atoms with Crippen molar-refractivity contribution in [1.82, 2.24) is 4.90 Å². The minimum atomic E-state index is -0.308. The number of carbonyl (C=O) groups excluding carboxylic acids is 1. The van der Waals surface area contributed by atoms with Crippen molar-refractivity contribution in [2.45, 2.75) is 12.5 Å². The van der Waals surface area contributed by atoms with Gasteiger partial charge in [-0.3, -0.25) is 4.90 Å². The first-order valence-electron chi connectivity index (χ1n) is 4.91. The first-order chi connectivity index (χ1) is 7.33. The van der Waals surface area contributed by atoms with Gasteiger partial charge in [-0.1, -0.05) is 36.4 Å². The van der Waals surface area contributed by atoms with E-state index in [0.29, 0.717) is 0 Å². The molecule has 0 spiro atoms. The molecular weight excluding hydrogens is 190 g/mol. The maximum atomic E-state index is 11.5. The molecule has 0 saturated carbocycles. The average molecular weight is 203 g/mol. The summed E-state index contributed by atoms with van der Waals surface area (Å²) in [5, 5.41) is 0. The molecule has 0 saturated heterocycles. The molecule has 1 heterocycles. The zero-order chi connectivity index (χ0) is 10.7. The van der Waals surface area contributed by atoms with Gasteiger partial charge in [0.25, 0.3) is 0 Å². The zero-order valence-electron chi connectivity index (χ0n) is 8.59. The van der Waals surface area contributed by atoms with E-state index in [9.17, 15) is 4.79 Å². The van der Waals surface area contributed by atoms with Crippen molar-refractivity contribution in [3.05, 3.63) is 48.2 Å². The van der Waals surface area contributed by atoms with Gasteiger partial charge in [-0.25, -0.2) is 4.79 Å². The Morgan fingerprint density at radius 1 is 1.40 bits per heavy atom. The van der Waals surface area contributed by atoms with Crippen LogP contribution in [0.2, 0.25) is 0 Å². The summed E-state index contributed by atoms with van der Waals surface area (Å²) in [6.07, 6.45) is 4.30. The van der Waals surface area contributed by atoms with E-state index in [2.05, 4.69) is 0 Å². The van der Waals surface area contributed by atoms with Crippen LogP contribution in [0.4, 0.5) is 4.79 Å². The Labute approximate surface area is 89.0 Å². The monoisotopic (exact) mass is 203 g/mol. The maximum Gasteiger partial charge on any atom is 0.414 e. The fourth-order valence-electron chi connectivity index (χ4n) is 1.79. The fraction of sp³-hybridized carbons (Fsp3) is 0.250. The van der Waals surface area contributed by atoms with Crippen molar-refractivity contribution >= 4 is 6.09 Å². The molecule has 0 unspecified atom stereocenters. The Hall–Kier alpha value is -1.77. The predicted molar refractivity (Wildman–Crippen MR) is 57.2 cm³/mol. The Morgan fingerprint density at radius 2 is 2.13 bits per heavy atom. The molecule has 3 heteroatoms. The molecule has 78 valence electrons. The SMILES string of the molecule is COC(=O)N1C=CC[C@@H]1c1ccccc1. The molecule has 1 atom stereocenters. The van der Waals surface area contributed by atoms with E-state index in [4.69, 9.17) is 4.74 Å². The molecule has 15 heavy (non-hydrogen) atoms. The standard InChI is InChI=1S/C12H13NO2/c1-15-12(14)13-9-5-8-11(13)10-6-3-2-4-7-10/h2-7,9,11H,8H2,1H3/t11-/m1/s1. The van der Waals surface area contributed by atoms with E-state index in [-0.39, 0.29) is 12.1 Å². The van der Waals surface area contributed by atoms with Crippen LogP contribution in [0.15, 0.2) is 42.6 Å². The van der Waals surface area contributed by atoms with Crippen LogP contribution < -0.4 is 0 Å². The molecule has 0 N–H and O–H groups in total. The van der Waals surface area contributed by atoms with Crippen molar-refractivity contribution < 1.29 is 9.53 Å². The van der Waals surface area contributed by atoms with Crippen molar-refractivity contribution in [2.75, 3.05) is 7.11 Å². The van der Waals surface area contributed by atoms with Crippen LogP contribution in [-0.2, 0) is 4.74 Å².